The quantitative estimate of drug-likeness (QED) is 0.857. The summed E-state index contributed by atoms with van der Waals surface area (Å²) in [6, 6.07) is 5.85. The molecule has 112 valence electrons. The van der Waals surface area contributed by atoms with E-state index in [9.17, 15) is 4.79 Å². The van der Waals surface area contributed by atoms with E-state index in [-0.39, 0.29) is 11.9 Å². The van der Waals surface area contributed by atoms with E-state index in [1.165, 1.54) is 0 Å². The van der Waals surface area contributed by atoms with Crippen LogP contribution in [0.25, 0.3) is 0 Å². The van der Waals surface area contributed by atoms with E-state index in [1.54, 1.807) is 12.5 Å². The Balaban J connectivity index is 2.05. The van der Waals surface area contributed by atoms with Crippen LogP contribution in [-0.4, -0.2) is 28.0 Å². The number of nitrogens with zero attached hydrogens (tertiary/aromatic N) is 2. The van der Waals surface area contributed by atoms with Gasteiger partial charge >= 0.3 is 0 Å². The Morgan fingerprint density at radius 1 is 1.43 bits per heavy atom. The molecular formula is C16H22N4O. The van der Waals surface area contributed by atoms with Crippen molar-refractivity contribution < 1.29 is 4.79 Å². The number of aromatic nitrogens is 2. The molecule has 5 heteroatoms. The van der Waals surface area contributed by atoms with E-state index in [4.69, 9.17) is 0 Å². The van der Waals surface area contributed by atoms with Crippen LogP contribution in [0.3, 0.4) is 0 Å². The molecule has 1 aromatic carbocycles. The van der Waals surface area contributed by atoms with Crippen molar-refractivity contribution in [2.45, 2.75) is 33.4 Å². The van der Waals surface area contributed by atoms with Crippen LogP contribution in [0.4, 0.5) is 5.69 Å². The zero-order chi connectivity index (χ0) is 15.2. The summed E-state index contributed by atoms with van der Waals surface area (Å²) in [5.41, 5.74) is 2.69. The molecule has 0 radical (unpaired) electrons. The minimum absolute atomic E-state index is 0.0301. The first-order valence-electron chi connectivity index (χ1n) is 7.21. The lowest BCUT2D eigenvalue weighted by Crippen LogP contribution is -2.35. The number of amides is 1. The summed E-state index contributed by atoms with van der Waals surface area (Å²) >= 11 is 0. The maximum Gasteiger partial charge on any atom is 0.253 e. The highest BCUT2D eigenvalue weighted by Crippen LogP contribution is 2.17. The number of carbonyl (C=O) groups is 1. The number of aryl methyl sites for hydroxylation is 1. The Labute approximate surface area is 125 Å². The van der Waals surface area contributed by atoms with Gasteiger partial charge in [-0.3, -0.25) is 4.79 Å². The van der Waals surface area contributed by atoms with Gasteiger partial charge in [0.15, 0.2) is 0 Å². The lowest BCUT2D eigenvalue weighted by Gasteiger charge is -2.17. The molecule has 2 rings (SSSR count). The van der Waals surface area contributed by atoms with Gasteiger partial charge in [0.05, 0.1) is 11.9 Å². The monoisotopic (exact) mass is 286 g/mol. The molecule has 0 saturated heterocycles. The third-order valence-corrected chi connectivity index (χ3v) is 3.21. The highest BCUT2D eigenvalue weighted by molar-refractivity contribution is 5.99. The predicted molar refractivity (Wildman–Crippen MR) is 84.5 cm³/mol. The van der Waals surface area contributed by atoms with Gasteiger partial charge in [0.2, 0.25) is 0 Å². The molecule has 1 amide bonds. The van der Waals surface area contributed by atoms with E-state index >= 15 is 0 Å². The van der Waals surface area contributed by atoms with Crippen molar-refractivity contribution in [2.24, 2.45) is 0 Å². The van der Waals surface area contributed by atoms with E-state index in [2.05, 4.69) is 15.6 Å². The highest BCUT2D eigenvalue weighted by Gasteiger charge is 2.14. The number of carbonyl (C=O) groups excluding carboxylic acids is 1. The number of nitrogens with one attached hydrogen (secondary N) is 2. The van der Waals surface area contributed by atoms with Crippen LogP contribution in [0.15, 0.2) is 36.9 Å². The summed E-state index contributed by atoms with van der Waals surface area (Å²) in [7, 11) is 0. The van der Waals surface area contributed by atoms with Crippen molar-refractivity contribution in [3.63, 3.8) is 0 Å². The zero-order valence-electron chi connectivity index (χ0n) is 12.8. The van der Waals surface area contributed by atoms with Gasteiger partial charge in [0.25, 0.3) is 5.91 Å². The first-order valence-corrected chi connectivity index (χ1v) is 7.21. The molecule has 0 saturated carbocycles. The maximum absolute atomic E-state index is 12.4. The van der Waals surface area contributed by atoms with Gasteiger partial charge in [-0.05, 0) is 38.5 Å². The normalized spacial score (nSPS) is 12.0. The fourth-order valence-electron chi connectivity index (χ4n) is 2.25. The van der Waals surface area contributed by atoms with Crippen LogP contribution in [0.5, 0.6) is 0 Å². The van der Waals surface area contributed by atoms with Crippen LogP contribution in [-0.2, 0) is 6.54 Å². The lowest BCUT2D eigenvalue weighted by molar-refractivity contribution is 0.0937. The van der Waals surface area contributed by atoms with Gasteiger partial charge in [-0.15, -0.1) is 0 Å². The molecule has 5 nitrogen and oxygen atoms in total. The summed E-state index contributed by atoms with van der Waals surface area (Å²) in [4.78, 5) is 16.4. The van der Waals surface area contributed by atoms with Crippen LogP contribution in [0.2, 0.25) is 0 Å². The molecule has 0 aliphatic heterocycles. The summed E-state index contributed by atoms with van der Waals surface area (Å²) in [5, 5.41) is 6.27. The Morgan fingerprint density at radius 2 is 2.24 bits per heavy atom. The molecule has 21 heavy (non-hydrogen) atoms. The van der Waals surface area contributed by atoms with Crippen molar-refractivity contribution in [3.05, 3.63) is 48.0 Å². The fraction of sp³-hybridized carbons (Fsp3) is 0.375. The van der Waals surface area contributed by atoms with E-state index < -0.39 is 0 Å². The third-order valence-electron chi connectivity index (χ3n) is 3.21. The third kappa shape index (κ3) is 4.08. The first-order chi connectivity index (χ1) is 10.1. The SMILES string of the molecule is CCNc1cc(C)ccc1C(=O)NC(C)Cn1ccnc1. The molecule has 2 aromatic rings. The van der Waals surface area contributed by atoms with Gasteiger partial charge in [0, 0.05) is 37.2 Å². The summed E-state index contributed by atoms with van der Waals surface area (Å²) in [6.07, 6.45) is 5.37. The van der Waals surface area contributed by atoms with Gasteiger partial charge in [0.1, 0.15) is 0 Å². The molecule has 0 spiro atoms. The standard InChI is InChI=1S/C16H22N4O/c1-4-18-15-9-12(2)5-6-14(15)16(21)19-13(3)10-20-8-7-17-11-20/h5-9,11,13,18H,4,10H2,1-3H3,(H,19,21). The van der Waals surface area contributed by atoms with Gasteiger partial charge in [-0.1, -0.05) is 6.07 Å². The van der Waals surface area contributed by atoms with E-state index in [0.29, 0.717) is 12.1 Å². The van der Waals surface area contributed by atoms with Gasteiger partial charge in [-0.25, -0.2) is 4.98 Å². The van der Waals surface area contributed by atoms with Crippen molar-refractivity contribution in [2.75, 3.05) is 11.9 Å². The molecule has 1 unspecified atom stereocenters. The molecular weight excluding hydrogens is 264 g/mol. The Bertz CT molecular complexity index is 592. The number of imidazole rings is 1. The predicted octanol–water partition coefficient (Wildman–Crippen LogP) is 2.44. The molecule has 2 N–H and O–H groups in total. The second kappa shape index (κ2) is 6.92. The largest absolute Gasteiger partial charge is 0.385 e. The second-order valence-electron chi connectivity index (χ2n) is 5.21. The molecule has 1 atom stereocenters. The van der Waals surface area contributed by atoms with Crippen LogP contribution < -0.4 is 10.6 Å². The van der Waals surface area contributed by atoms with Crippen molar-refractivity contribution >= 4 is 11.6 Å². The van der Waals surface area contributed by atoms with Crippen molar-refractivity contribution in [1.82, 2.24) is 14.9 Å². The number of hydrogen-bond acceptors (Lipinski definition) is 3. The van der Waals surface area contributed by atoms with Crippen LogP contribution >= 0.6 is 0 Å². The summed E-state index contributed by atoms with van der Waals surface area (Å²) < 4.78 is 1.95. The van der Waals surface area contributed by atoms with Crippen molar-refractivity contribution in [3.8, 4) is 0 Å². The van der Waals surface area contributed by atoms with Crippen LogP contribution in [0.1, 0.15) is 29.8 Å². The molecule has 0 aliphatic rings. The number of anilines is 1. The first kappa shape index (κ1) is 15.1. The fourth-order valence-corrected chi connectivity index (χ4v) is 2.25. The Hall–Kier alpha value is -2.30. The van der Waals surface area contributed by atoms with E-state index in [0.717, 1.165) is 17.8 Å². The molecule has 1 aromatic heterocycles. The smallest absolute Gasteiger partial charge is 0.253 e. The van der Waals surface area contributed by atoms with Gasteiger partial charge in [-0.2, -0.15) is 0 Å². The second-order valence-corrected chi connectivity index (χ2v) is 5.21. The molecule has 0 aliphatic carbocycles. The Kier molecular flexibility index (Phi) is 4.98. The number of benzene rings is 1. The van der Waals surface area contributed by atoms with Gasteiger partial charge < -0.3 is 15.2 Å². The molecule has 0 bridgehead atoms. The molecule has 0 fully saturated rings. The minimum atomic E-state index is -0.0569. The average Bonchev–Trinajstić information content (AvgIpc) is 2.91. The van der Waals surface area contributed by atoms with Crippen molar-refractivity contribution in [1.29, 1.82) is 0 Å². The Morgan fingerprint density at radius 3 is 2.90 bits per heavy atom. The molecule has 1 heterocycles. The lowest BCUT2D eigenvalue weighted by atomic mass is 10.1. The highest BCUT2D eigenvalue weighted by atomic mass is 16.1. The minimum Gasteiger partial charge on any atom is -0.385 e. The zero-order valence-corrected chi connectivity index (χ0v) is 12.8. The summed E-state index contributed by atoms with van der Waals surface area (Å²) in [5.74, 6) is -0.0569. The number of rotatable bonds is 6. The van der Waals surface area contributed by atoms with E-state index in [1.807, 2.05) is 49.7 Å². The summed E-state index contributed by atoms with van der Waals surface area (Å²) in [6.45, 7) is 7.51. The number of hydrogen-bond donors (Lipinski definition) is 2. The topological polar surface area (TPSA) is 59.0 Å². The van der Waals surface area contributed by atoms with Crippen LogP contribution in [0, 0.1) is 6.92 Å². The maximum atomic E-state index is 12.4. The average molecular weight is 286 g/mol.